The molecule has 2 aliphatic rings. The third-order valence-electron chi connectivity index (χ3n) is 4.56. The van der Waals surface area contributed by atoms with E-state index in [4.69, 9.17) is 10.1 Å². The summed E-state index contributed by atoms with van der Waals surface area (Å²) in [5.74, 6) is 0.774. The molecule has 1 N–H and O–H groups in total. The van der Waals surface area contributed by atoms with Crippen LogP contribution in [0.4, 0.5) is 0 Å². The molecule has 0 spiro atoms. The molecule has 6 nitrogen and oxygen atoms in total. The van der Waals surface area contributed by atoms with Crippen LogP contribution in [0.15, 0.2) is 57.3 Å². The van der Waals surface area contributed by atoms with Crippen molar-refractivity contribution in [2.75, 3.05) is 5.75 Å². The summed E-state index contributed by atoms with van der Waals surface area (Å²) in [5, 5.41) is 11.6. The molecule has 0 saturated carbocycles. The fourth-order valence-electron chi connectivity index (χ4n) is 3.19. The lowest BCUT2D eigenvalue weighted by molar-refractivity contribution is -0.116. The SMILES string of the molecule is CCCCCSC1=NN2C(=c3cc(Br)ccc3=N[C@@H]2c2ccncc2)C(=O)N1. The molecule has 0 fully saturated rings. The average Bonchev–Trinajstić information content (AvgIpc) is 2.71. The number of hydrazone groups is 1. The minimum absolute atomic E-state index is 0.152. The molecule has 0 bridgehead atoms. The highest BCUT2D eigenvalue weighted by Crippen LogP contribution is 2.30. The summed E-state index contributed by atoms with van der Waals surface area (Å²) in [6.45, 7) is 2.18. The Morgan fingerprint density at radius 1 is 1.21 bits per heavy atom. The van der Waals surface area contributed by atoms with E-state index < -0.39 is 6.17 Å². The van der Waals surface area contributed by atoms with Crippen molar-refractivity contribution in [2.45, 2.75) is 32.4 Å². The highest BCUT2D eigenvalue weighted by molar-refractivity contribution is 9.10. The predicted molar refractivity (Wildman–Crippen MR) is 115 cm³/mol. The van der Waals surface area contributed by atoms with Gasteiger partial charge in [-0.1, -0.05) is 47.5 Å². The highest BCUT2D eigenvalue weighted by Gasteiger charge is 2.34. The number of nitrogens with one attached hydrogen (secondary N) is 1. The number of benzene rings is 1. The van der Waals surface area contributed by atoms with Crippen molar-refractivity contribution in [3.63, 3.8) is 0 Å². The van der Waals surface area contributed by atoms with E-state index in [0.717, 1.165) is 39.2 Å². The Labute approximate surface area is 176 Å². The van der Waals surface area contributed by atoms with E-state index in [1.807, 2.05) is 30.3 Å². The number of thioether (sulfide) groups is 1. The first-order valence-corrected chi connectivity index (χ1v) is 11.0. The van der Waals surface area contributed by atoms with Gasteiger partial charge in [0.15, 0.2) is 11.3 Å². The van der Waals surface area contributed by atoms with Crippen LogP contribution in [-0.4, -0.2) is 26.8 Å². The van der Waals surface area contributed by atoms with E-state index in [1.54, 1.807) is 29.2 Å². The Morgan fingerprint density at radius 2 is 2.04 bits per heavy atom. The number of amides is 1. The van der Waals surface area contributed by atoms with E-state index >= 15 is 0 Å². The van der Waals surface area contributed by atoms with Gasteiger partial charge in [0.2, 0.25) is 0 Å². The summed E-state index contributed by atoms with van der Waals surface area (Å²) >= 11 is 5.07. The molecule has 144 valence electrons. The largest absolute Gasteiger partial charge is 0.298 e. The fraction of sp³-hybridized carbons (Fsp3) is 0.300. The third-order valence-corrected chi connectivity index (χ3v) is 6.00. The summed E-state index contributed by atoms with van der Waals surface area (Å²) in [7, 11) is 0. The Hall–Kier alpha value is -2.19. The maximum atomic E-state index is 13.0. The molecule has 0 aliphatic carbocycles. The van der Waals surface area contributed by atoms with Gasteiger partial charge in [0, 0.05) is 33.4 Å². The van der Waals surface area contributed by atoms with Gasteiger partial charge in [0.25, 0.3) is 5.91 Å². The van der Waals surface area contributed by atoms with Crippen LogP contribution >= 0.6 is 27.7 Å². The van der Waals surface area contributed by atoms with Crippen molar-refractivity contribution in [3.05, 3.63) is 63.3 Å². The normalized spacial score (nSPS) is 18.0. The summed E-state index contributed by atoms with van der Waals surface area (Å²) in [5.41, 5.74) is 1.46. The summed E-state index contributed by atoms with van der Waals surface area (Å²) < 4.78 is 0.896. The number of carbonyl (C=O) groups is 1. The van der Waals surface area contributed by atoms with Gasteiger partial charge in [-0.15, -0.1) is 5.10 Å². The summed E-state index contributed by atoms with van der Waals surface area (Å²) in [4.78, 5) is 22.0. The molecule has 2 aliphatic heterocycles. The molecule has 2 aromatic rings. The van der Waals surface area contributed by atoms with Gasteiger partial charge in [-0.2, -0.15) is 0 Å². The van der Waals surface area contributed by atoms with Gasteiger partial charge in [-0.05, 0) is 36.8 Å². The number of halogens is 1. The Bertz CT molecular complexity index is 1040. The van der Waals surface area contributed by atoms with Gasteiger partial charge in [-0.25, -0.2) is 5.01 Å². The number of unbranched alkanes of at least 4 members (excludes halogenated alkanes) is 2. The molecule has 4 rings (SSSR count). The minimum Gasteiger partial charge on any atom is -0.298 e. The number of aromatic nitrogens is 1. The van der Waals surface area contributed by atoms with Crippen LogP contribution in [0.5, 0.6) is 0 Å². The van der Waals surface area contributed by atoms with Crippen LogP contribution in [0.2, 0.25) is 0 Å². The highest BCUT2D eigenvalue weighted by atomic mass is 79.9. The quantitative estimate of drug-likeness (QED) is 0.700. The molecule has 1 amide bonds. The molecule has 0 radical (unpaired) electrons. The van der Waals surface area contributed by atoms with Gasteiger partial charge in [-0.3, -0.25) is 20.1 Å². The number of hydrogen-bond donors (Lipinski definition) is 1. The fourth-order valence-corrected chi connectivity index (χ4v) is 4.40. The molecule has 0 unspecified atom stereocenters. The molecule has 0 saturated heterocycles. The molecule has 1 aromatic carbocycles. The second-order valence-electron chi connectivity index (χ2n) is 6.55. The number of carbonyl (C=O) groups excluding carboxylic acids is 1. The molecule has 3 heterocycles. The summed E-state index contributed by atoms with van der Waals surface area (Å²) in [6, 6.07) is 9.58. The van der Waals surface area contributed by atoms with E-state index in [0.29, 0.717) is 10.9 Å². The van der Waals surface area contributed by atoms with Crippen LogP contribution < -0.4 is 15.9 Å². The Balaban J connectivity index is 1.79. The lowest BCUT2D eigenvalue weighted by atomic mass is 10.1. The van der Waals surface area contributed by atoms with Crippen LogP contribution in [0.25, 0.3) is 5.70 Å². The monoisotopic (exact) mass is 457 g/mol. The van der Waals surface area contributed by atoms with Crippen LogP contribution in [0.1, 0.15) is 37.9 Å². The average molecular weight is 458 g/mol. The number of amidine groups is 1. The minimum atomic E-state index is -0.399. The standard InChI is InChI=1S/C20H20BrN5OS/c1-2-3-4-11-28-20-24-19(27)17-15-12-14(21)5-6-16(15)23-18(26(17)25-20)13-7-9-22-10-8-13/h5-10,12,18H,2-4,11H2,1H3,(H,24,25,27)/t18-/m0/s1. The summed E-state index contributed by atoms with van der Waals surface area (Å²) in [6.07, 6.45) is 6.50. The molecule has 1 atom stereocenters. The van der Waals surface area contributed by atoms with Gasteiger partial charge in [0.05, 0.1) is 5.36 Å². The molecular weight excluding hydrogens is 438 g/mol. The van der Waals surface area contributed by atoms with E-state index in [1.165, 1.54) is 6.42 Å². The van der Waals surface area contributed by atoms with Gasteiger partial charge < -0.3 is 0 Å². The Morgan fingerprint density at radius 3 is 2.82 bits per heavy atom. The van der Waals surface area contributed by atoms with Crippen molar-refractivity contribution >= 4 is 44.5 Å². The van der Waals surface area contributed by atoms with Crippen molar-refractivity contribution in [1.82, 2.24) is 15.3 Å². The number of rotatable bonds is 5. The molecule has 1 aromatic heterocycles. The first-order chi connectivity index (χ1) is 13.7. The molecule has 28 heavy (non-hydrogen) atoms. The topological polar surface area (TPSA) is 70.0 Å². The predicted octanol–water partition coefficient (Wildman–Crippen LogP) is 2.91. The van der Waals surface area contributed by atoms with Crippen molar-refractivity contribution < 1.29 is 4.79 Å². The van der Waals surface area contributed by atoms with Crippen molar-refractivity contribution in [2.24, 2.45) is 10.1 Å². The number of pyridine rings is 1. The second-order valence-corrected chi connectivity index (χ2v) is 8.55. The number of hydrogen-bond acceptors (Lipinski definition) is 6. The van der Waals surface area contributed by atoms with Crippen LogP contribution in [-0.2, 0) is 4.79 Å². The lowest BCUT2D eigenvalue weighted by Gasteiger charge is -2.34. The van der Waals surface area contributed by atoms with E-state index in [9.17, 15) is 4.79 Å². The molecular formula is C20H20BrN5OS. The second kappa shape index (κ2) is 8.45. The zero-order chi connectivity index (χ0) is 19.5. The Kier molecular flexibility index (Phi) is 5.77. The van der Waals surface area contributed by atoms with E-state index in [2.05, 4.69) is 33.2 Å². The maximum absolute atomic E-state index is 13.0. The zero-order valence-electron chi connectivity index (χ0n) is 15.4. The first kappa shape index (κ1) is 19.1. The number of nitrogens with zero attached hydrogens (tertiary/aromatic N) is 4. The van der Waals surface area contributed by atoms with Crippen LogP contribution in [0, 0.1) is 0 Å². The van der Waals surface area contributed by atoms with Gasteiger partial charge in [0.1, 0.15) is 5.70 Å². The van der Waals surface area contributed by atoms with Crippen LogP contribution in [0.3, 0.4) is 0 Å². The van der Waals surface area contributed by atoms with E-state index in [-0.39, 0.29) is 5.91 Å². The molecule has 8 heteroatoms. The smallest absolute Gasteiger partial charge is 0.276 e. The first-order valence-electron chi connectivity index (χ1n) is 9.27. The number of fused-ring (bicyclic) bond motifs is 2. The van der Waals surface area contributed by atoms with Gasteiger partial charge >= 0.3 is 0 Å². The zero-order valence-corrected chi connectivity index (χ0v) is 17.8. The van der Waals surface area contributed by atoms with Crippen molar-refractivity contribution in [3.8, 4) is 0 Å². The third kappa shape index (κ3) is 3.84. The lowest BCUT2D eigenvalue weighted by Crippen LogP contribution is -2.50. The van der Waals surface area contributed by atoms with Crippen molar-refractivity contribution in [1.29, 1.82) is 0 Å². The maximum Gasteiger partial charge on any atom is 0.276 e.